The van der Waals surface area contributed by atoms with Gasteiger partial charge in [0.15, 0.2) is 0 Å². The first-order valence-corrected chi connectivity index (χ1v) is 4.93. The highest BCUT2D eigenvalue weighted by Gasteiger charge is 2.05. The molecule has 0 unspecified atom stereocenters. The molecule has 0 aliphatic rings. The Kier molecular flexibility index (Phi) is 2.20. The van der Waals surface area contributed by atoms with E-state index in [1.807, 2.05) is 24.3 Å². The Morgan fingerprint density at radius 2 is 2.08 bits per heavy atom. The number of nitrogens with zero attached hydrogens (tertiary/aromatic N) is 1. The van der Waals surface area contributed by atoms with Gasteiger partial charge in [-0.1, -0.05) is 41.1 Å². The van der Waals surface area contributed by atoms with Crippen LogP contribution >= 0.6 is 22.9 Å². The van der Waals surface area contributed by atoms with E-state index < -0.39 is 0 Å². The van der Waals surface area contributed by atoms with Gasteiger partial charge in [0.05, 0.1) is 11.2 Å². The summed E-state index contributed by atoms with van der Waals surface area (Å²) in [6.45, 7) is 0. The molecule has 0 atom stereocenters. The number of hydrogen-bond donors (Lipinski definition) is 1. The van der Waals surface area contributed by atoms with Crippen LogP contribution in [0.5, 0.6) is 0 Å². The van der Waals surface area contributed by atoms with Gasteiger partial charge < -0.3 is 5.73 Å². The first-order chi connectivity index (χ1) is 6.27. The number of anilines is 1. The maximum absolute atomic E-state index is 5.99. The average molecular weight is 211 g/mol. The topological polar surface area (TPSA) is 38.9 Å². The number of nitrogen functional groups attached to an aromatic ring is 1. The van der Waals surface area contributed by atoms with Gasteiger partial charge >= 0.3 is 0 Å². The lowest BCUT2D eigenvalue weighted by atomic mass is 10.2. The van der Waals surface area contributed by atoms with Crippen molar-refractivity contribution in [3.05, 3.63) is 35.5 Å². The van der Waals surface area contributed by atoms with Crippen molar-refractivity contribution in [2.24, 2.45) is 0 Å². The van der Waals surface area contributed by atoms with Gasteiger partial charge in [-0.3, -0.25) is 0 Å². The summed E-state index contributed by atoms with van der Waals surface area (Å²) >= 11 is 7.43. The normalized spacial score (nSPS) is 10.2. The summed E-state index contributed by atoms with van der Waals surface area (Å²) in [4.78, 5) is 4.16. The molecule has 0 spiro atoms. The molecular formula is C9H7ClN2S. The summed E-state index contributed by atoms with van der Waals surface area (Å²) in [5.74, 6) is 0. The fourth-order valence-electron chi connectivity index (χ4n) is 1.05. The lowest BCUT2D eigenvalue weighted by molar-refractivity contribution is 1.41. The second-order valence-corrected chi connectivity index (χ2v) is 4.02. The number of nitrogens with two attached hydrogens (primary N) is 1. The fraction of sp³-hybridized carbons (Fsp3) is 0. The van der Waals surface area contributed by atoms with Crippen LogP contribution in [0.4, 0.5) is 5.00 Å². The molecule has 0 amide bonds. The predicted octanol–water partition coefficient (Wildman–Crippen LogP) is 3.05. The van der Waals surface area contributed by atoms with E-state index in [0.717, 1.165) is 10.6 Å². The standard InChI is InChI=1S/C9H7ClN2S/c10-7-4-2-1-3-6(7)9-12-5-8(11)13-9/h1-5H,11H2. The third-order valence-corrected chi connectivity index (χ3v) is 2.82. The molecule has 0 saturated carbocycles. The van der Waals surface area contributed by atoms with Crippen LogP contribution in [0.3, 0.4) is 0 Å². The molecular weight excluding hydrogens is 204 g/mol. The van der Waals surface area contributed by atoms with Crippen molar-refractivity contribution in [2.45, 2.75) is 0 Å². The molecule has 1 aromatic heterocycles. The van der Waals surface area contributed by atoms with Gasteiger partial charge in [0, 0.05) is 5.56 Å². The van der Waals surface area contributed by atoms with Crippen LogP contribution in [0.2, 0.25) is 5.02 Å². The SMILES string of the molecule is Nc1cnc(-c2ccccc2Cl)s1. The molecule has 0 aliphatic carbocycles. The Bertz CT molecular complexity index is 425. The van der Waals surface area contributed by atoms with Gasteiger partial charge in [0.1, 0.15) is 10.0 Å². The zero-order chi connectivity index (χ0) is 9.26. The zero-order valence-electron chi connectivity index (χ0n) is 6.70. The van der Waals surface area contributed by atoms with Gasteiger partial charge in [-0.2, -0.15) is 0 Å². The molecule has 0 bridgehead atoms. The Labute approximate surface area is 85.0 Å². The van der Waals surface area contributed by atoms with Crippen LogP contribution in [-0.4, -0.2) is 4.98 Å². The van der Waals surface area contributed by atoms with Crippen molar-refractivity contribution >= 4 is 27.9 Å². The Morgan fingerprint density at radius 1 is 1.31 bits per heavy atom. The number of halogens is 1. The first kappa shape index (κ1) is 8.53. The largest absolute Gasteiger partial charge is 0.389 e. The molecule has 2 aromatic rings. The molecule has 4 heteroatoms. The molecule has 1 aromatic carbocycles. The van der Waals surface area contributed by atoms with E-state index in [1.165, 1.54) is 11.3 Å². The smallest absolute Gasteiger partial charge is 0.126 e. The minimum absolute atomic E-state index is 0.704. The summed E-state index contributed by atoms with van der Waals surface area (Å²) in [5, 5.41) is 2.27. The van der Waals surface area contributed by atoms with Crippen LogP contribution in [0, 0.1) is 0 Å². The van der Waals surface area contributed by atoms with Crippen molar-refractivity contribution in [3.63, 3.8) is 0 Å². The van der Waals surface area contributed by atoms with Gasteiger partial charge in [-0.05, 0) is 6.07 Å². The van der Waals surface area contributed by atoms with Crippen LogP contribution in [0.25, 0.3) is 10.6 Å². The predicted molar refractivity (Wildman–Crippen MR) is 57.0 cm³/mol. The summed E-state index contributed by atoms with van der Waals surface area (Å²) in [6.07, 6.45) is 1.64. The molecule has 2 rings (SSSR count). The van der Waals surface area contributed by atoms with E-state index >= 15 is 0 Å². The number of aromatic nitrogens is 1. The monoisotopic (exact) mass is 210 g/mol. The van der Waals surface area contributed by atoms with Gasteiger partial charge in [-0.15, -0.1) is 0 Å². The Morgan fingerprint density at radius 3 is 2.69 bits per heavy atom. The minimum atomic E-state index is 0.704. The maximum Gasteiger partial charge on any atom is 0.126 e. The van der Waals surface area contributed by atoms with E-state index in [2.05, 4.69) is 4.98 Å². The molecule has 0 saturated heterocycles. The Hall–Kier alpha value is -1.06. The molecule has 0 aliphatic heterocycles. The van der Waals surface area contributed by atoms with Crippen LogP contribution in [0.15, 0.2) is 30.5 Å². The highest BCUT2D eigenvalue weighted by atomic mass is 35.5. The van der Waals surface area contributed by atoms with Crippen molar-refractivity contribution in [1.29, 1.82) is 0 Å². The maximum atomic E-state index is 5.99. The first-order valence-electron chi connectivity index (χ1n) is 3.73. The fourth-order valence-corrected chi connectivity index (χ4v) is 2.05. The molecule has 2 nitrogen and oxygen atoms in total. The van der Waals surface area contributed by atoms with Crippen LogP contribution in [-0.2, 0) is 0 Å². The number of hydrogen-bond acceptors (Lipinski definition) is 3. The second-order valence-electron chi connectivity index (χ2n) is 2.55. The quantitative estimate of drug-likeness (QED) is 0.786. The van der Waals surface area contributed by atoms with Crippen LogP contribution in [0.1, 0.15) is 0 Å². The molecule has 2 N–H and O–H groups in total. The average Bonchev–Trinajstić information content (AvgIpc) is 2.53. The molecule has 1 heterocycles. The van der Waals surface area contributed by atoms with Gasteiger partial charge in [0.25, 0.3) is 0 Å². The lowest BCUT2D eigenvalue weighted by Crippen LogP contribution is -1.75. The Balaban J connectivity index is 2.52. The zero-order valence-corrected chi connectivity index (χ0v) is 8.27. The van der Waals surface area contributed by atoms with Crippen molar-refractivity contribution in [3.8, 4) is 10.6 Å². The van der Waals surface area contributed by atoms with Crippen molar-refractivity contribution in [1.82, 2.24) is 4.98 Å². The summed E-state index contributed by atoms with van der Waals surface area (Å²) < 4.78 is 0. The van der Waals surface area contributed by atoms with E-state index in [1.54, 1.807) is 6.20 Å². The van der Waals surface area contributed by atoms with Crippen molar-refractivity contribution in [2.75, 3.05) is 5.73 Å². The van der Waals surface area contributed by atoms with E-state index in [9.17, 15) is 0 Å². The highest BCUT2D eigenvalue weighted by Crippen LogP contribution is 2.31. The summed E-state index contributed by atoms with van der Waals surface area (Å²) in [5.41, 5.74) is 6.51. The second kappa shape index (κ2) is 3.36. The minimum Gasteiger partial charge on any atom is -0.389 e. The van der Waals surface area contributed by atoms with Gasteiger partial charge in [0.2, 0.25) is 0 Å². The molecule has 13 heavy (non-hydrogen) atoms. The van der Waals surface area contributed by atoms with E-state index in [0.29, 0.717) is 10.0 Å². The van der Waals surface area contributed by atoms with Crippen molar-refractivity contribution < 1.29 is 0 Å². The van der Waals surface area contributed by atoms with E-state index in [-0.39, 0.29) is 0 Å². The summed E-state index contributed by atoms with van der Waals surface area (Å²) in [6, 6.07) is 7.59. The van der Waals surface area contributed by atoms with Crippen LogP contribution < -0.4 is 5.73 Å². The third-order valence-electron chi connectivity index (χ3n) is 1.63. The van der Waals surface area contributed by atoms with E-state index in [4.69, 9.17) is 17.3 Å². The number of thiazole rings is 1. The molecule has 0 radical (unpaired) electrons. The van der Waals surface area contributed by atoms with Gasteiger partial charge in [-0.25, -0.2) is 4.98 Å². The molecule has 66 valence electrons. The number of benzene rings is 1. The lowest BCUT2D eigenvalue weighted by Gasteiger charge is -1.97. The third kappa shape index (κ3) is 1.66. The molecule has 0 fully saturated rings. The highest BCUT2D eigenvalue weighted by molar-refractivity contribution is 7.18. The number of rotatable bonds is 1. The summed E-state index contributed by atoms with van der Waals surface area (Å²) in [7, 11) is 0.